The molecule has 1 aromatic carbocycles. The van der Waals surface area contributed by atoms with Crippen LogP contribution in [0.15, 0.2) is 35.3 Å². The van der Waals surface area contributed by atoms with Crippen LogP contribution in [0.5, 0.6) is 0 Å². The first-order valence-electron chi connectivity index (χ1n) is 9.45. The third kappa shape index (κ3) is 7.13. The zero-order valence-corrected chi connectivity index (χ0v) is 17.6. The van der Waals surface area contributed by atoms with Gasteiger partial charge in [0.25, 0.3) is 0 Å². The second-order valence-corrected chi connectivity index (χ2v) is 7.12. The smallest absolute Gasteiger partial charge is 0.191 e. The molecule has 0 spiro atoms. The van der Waals surface area contributed by atoms with Crippen LogP contribution in [0.1, 0.15) is 50.0 Å². The zero-order chi connectivity index (χ0) is 16.6. The summed E-state index contributed by atoms with van der Waals surface area (Å²) in [6.45, 7) is 2.51. The molecule has 2 N–H and O–H groups in total. The monoisotopic (exact) mass is 457 g/mol. The van der Waals surface area contributed by atoms with Gasteiger partial charge >= 0.3 is 0 Å². The first kappa shape index (κ1) is 20.5. The minimum absolute atomic E-state index is 0. The van der Waals surface area contributed by atoms with E-state index in [9.17, 15) is 0 Å². The quantitative estimate of drug-likeness (QED) is 0.282. The van der Waals surface area contributed by atoms with Crippen molar-refractivity contribution >= 4 is 29.9 Å². The van der Waals surface area contributed by atoms with Gasteiger partial charge in [-0.3, -0.25) is 4.99 Å². The van der Waals surface area contributed by atoms with Crippen LogP contribution in [0, 0.1) is 5.92 Å². The van der Waals surface area contributed by atoms with Gasteiger partial charge in [0, 0.05) is 26.2 Å². The van der Waals surface area contributed by atoms with Crippen molar-refractivity contribution < 1.29 is 4.74 Å². The van der Waals surface area contributed by atoms with Gasteiger partial charge in [0.15, 0.2) is 5.96 Å². The number of benzene rings is 1. The molecule has 0 atom stereocenters. The lowest BCUT2D eigenvalue weighted by Crippen LogP contribution is -2.45. The number of halogens is 1. The van der Waals surface area contributed by atoms with Gasteiger partial charge in [0.2, 0.25) is 0 Å². The molecule has 3 rings (SSSR count). The molecule has 25 heavy (non-hydrogen) atoms. The SMILES string of the molecule is CN=C(NCCOCC1CC1)NC1CCC(c2ccccc2)CC1.I. The van der Waals surface area contributed by atoms with E-state index in [2.05, 4.69) is 46.0 Å². The number of nitrogens with one attached hydrogen (secondary N) is 2. The fourth-order valence-electron chi connectivity index (χ4n) is 3.46. The average molecular weight is 457 g/mol. The van der Waals surface area contributed by atoms with E-state index in [-0.39, 0.29) is 24.0 Å². The molecule has 0 bridgehead atoms. The van der Waals surface area contributed by atoms with Crippen LogP contribution in [0.3, 0.4) is 0 Å². The molecule has 140 valence electrons. The summed E-state index contributed by atoms with van der Waals surface area (Å²) in [6.07, 6.45) is 7.62. The summed E-state index contributed by atoms with van der Waals surface area (Å²) in [5, 5.41) is 6.94. The third-order valence-electron chi connectivity index (χ3n) is 5.15. The molecule has 0 aromatic heterocycles. The van der Waals surface area contributed by atoms with Crippen molar-refractivity contribution in [2.45, 2.75) is 50.5 Å². The predicted molar refractivity (Wildman–Crippen MR) is 115 cm³/mol. The van der Waals surface area contributed by atoms with Crippen LogP contribution in [-0.2, 0) is 4.74 Å². The first-order valence-corrected chi connectivity index (χ1v) is 9.45. The van der Waals surface area contributed by atoms with Gasteiger partial charge in [0.05, 0.1) is 6.61 Å². The Morgan fingerprint density at radius 3 is 2.44 bits per heavy atom. The van der Waals surface area contributed by atoms with Crippen LogP contribution in [0.4, 0.5) is 0 Å². The molecule has 2 aliphatic rings. The lowest BCUT2D eigenvalue weighted by atomic mass is 9.82. The van der Waals surface area contributed by atoms with E-state index in [1.807, 2.05) is 7.05 Å². The van der Waals surface area contributed by atoms with E-state index in [1.165, 1.54) is 44.1 Å². The van der Waals surface area contributed by atoms with Crippen LogP contribution >= 0.6 is 24.0 Å². The highest BCUT2D eigenvalue weighted by atomic mass is 127. The van der Waals surface area contributed by atoms with Crippen molar-refractivity contribution in [2.24, 2.45) is 10.9 Å². The third-order valence-corrected chi connectivity index (χ3v) is 5.15. The Balaban J connectivity index is 0.00000225. The largest absolute Gasteiger partial charge is 0.379 e. The number of hydrogen-bond acceptors (Lipinski definition) is 2. The Morgan fingerprint density at radius 1 is 1.08 bits per heavy atom. The van der Waals surface area contributed by atoms with E-state index in [4.69, 9.17) is 4.74 Å². The number of aliphatic imine (C=N–C) groups is 1. The number of guanidine groups is 1. The van der Waals surface area contributed by atoms with Crippen molar-refractivity contribution in [3.05, 3.63) is 35.9 Å². The molecular weight excluding hydrogens is 425 g/mol. The molecule has 2 fully saturated rings. The first-order chi connectivity index (χ1) is 11.8. The van der Waals surface area contributed by atoms with E-state index in [0.717, 1.165) is 37.6 Å². The Morgan fingerprint density at radius 2 is 1.80 bits per heavy atom. The highest BCUT2D eigenvalue weighted by Crippen LogP contribution is 2.32. The topological polar surface area (TPSA) is 45.7 Å². The van der Waals surface area contributed by atoms with Gasteiger partial charge in [-0.15, -0.1) is 24.0 Å². The van der Waals surface area contributed by atoms with Crippen molar-refractivity contribution in [3.8, 4) is 0 Å². The molecule has 0 heterocycles. The lowest BCUT2D eigenvalue weighted by molar-refractivity contribution is 0.129. The van der Waals surface area contributed by atoms with Crippen LogP contribution < -0.4 is 10.6 Å². The van der Waals surface area contributed by atoms with Gasteiger partial charge in [0.1, 0.15) is 0 Å². The predicted octanol–water partition coefficient (Wildman–Crippen LogP) is 3.92. The van der Waals surface area contributed by atoms with Gasteiger partial charge in [-0.05, 0) is 55.9 Å². The molecule has 2 aliphatic carbocycles. The molecule has 0 saturated heterocycles. The number of nitrogens with zero attached hydrogens (tertiary/aromatic N) is 1. The van der Waals surface area contributed by atoms with Crippen LogP contribution in [0.2, 0.25) is 0 Å². The van der Waals surface area contributed by atoms with E-state index in [0.29, 0.717) is 6.04 Å². The molecule has 4 nitrogen and oxygen atoms in total. The van der Waals surface area contributed by atoms with E-state index < -0.39 is 0 Å². The summed E-state index contributed by atoms with van der Waals surface area (Å²) >= 11 is 0. The minimum atomic E-state index is 0. The highest BCUT2D eigenvalue weighted by Gasteiger charge is 2.23. The maximum atomic E-state index is 5.66. The summed E-state index contributed by atoms with van der Waals surface area (Å²) in [7, 11) is 1.84. The number of hydrogen-bond donors (Lipinski definition) is 2. The van der Waals surface area contributed by atoms with Gasteiger partial charge < -0.3 is 15.4 Å². The van der Waals surface area contributed by atoms with Gasteiger partial charge in [-0.25, -0.2) is 0 Å². The molecule has 0 radical (unpaired) electrons. The number of ether oxygens (including phenoxy) is 1. The van der Waals surface area contributed by atoms with Gasteiger partial charge in [-0.2, -0.15) is 0 Å². The van der Waals surface area contributed by atoms with Crippen molar-refractivity contribution in [2.75, 3.05) is 26.8 Å². The van der Waals surface area contributed by atoms with Crippen LogP contribution in [-0.4, -0.2) is 38.8 Å². The Bertz CT molecular complexity index is 511. The fourth-order valence-corrected chi connectivity index (χ4v) is 3.46. The molecule has 2 saturated carbocycles. The van der Waals surface area contributed by atoms with E-state index in [1.54, 1.807) is 0 Å². The molecule has 0 aliphatic heterocycles. The summed E-state index contributed by atoms with van der Waals surface area (Å²) < 4.78 is 5.66. The summed E-state index contributed by atoms with van der Waals surface area (Å²) in [6, 6.07) is 11.5. The van der Waals surface area contributed by atoms with Crippen molar-refractivity contribution in [1.82, 2.24) is 10.6 Å². The Labute approximate surface area is 169 Å². The van der Waals surface area contributed by atoms with E-state index >= 15 is 0 Å². The molecule has 1 aromatic rings. The second kappa shape index (κ2) is 11.0. The highest BCUT2D eigenvalue weighted by molar-refractivity contribution is 14.0. The molecule has 0 unspecified atom stereocenters. The summed E-state index contributed by atoms with van der Waals surface area (Å²) in [5.41, 5.74) is 1.49. The normalized spacial score (nSPS) is 23.6. The second-order valence-electron chi connectivity index (χ2n) is 7.12. The zero-order valence-electron chi connectivity index (χ0n) is 15.2. The molecular formula is C20H32IN3O. The average Bonchev–Trinajstić information content (AvgIpc) is 3.46. The Hall–Kier alpha value is -0.820. The van der Waals surface area contributed by atoms with Crippen molar-refractivity contribution in [3.63, 3.8) is 0 Å². The molecule has 5 heteroatoms. The fraction of sp³-hybridized carbons (Fsp3) is 0.650. The van der Waals surface area contributed by atoms with Crippen molar-refractivity contribution in [1.29, 1.82) is 0 Å². The minimum Gasteiger partial charge on any atom is -0.379 e. The molecule has 0 amide bonds. The lowest BCUT2D eigenvalue weighted by Gasteiger charge is -2.30. The maximum Gasteiger partial charge on any atom is 0.191 e. The number of rotatable bonds is 7. The summed E-state index contributed by atoms with van der Waals surface area (Å²) in [5.74, 6) is 2.46. The van der Waals surface area contributed by atoms with Crippen LogP contribution in [0.25, 0.3) is 0 Å². The van der Waals surface area contributed by atoms with Gasteiger partial charge in [-0.1, -0.05) is 30.3 Å². The maximum absolute atomic E-state index is 5.66. The Kier molecular flexibility index (Phi) is 9.03. The summed E-state index contributed by atoms with van der Waals surface area (Å²) in [4.78, 5) is 4.34. The standard InChI is InChI=1S/C20H31N3O.HI/c1-21-20(22-13-14-24-15-16-7-8-16)23-19-11-9-18(10-12-19)17-5-3-2-4-6-17;/h2-6,16,18-19H,7-15H2,1H3,(H2,21,22,23);1H.